The van der Waals surface area contributed by atoms with E-state index in [0.29, 0.717) is 32.4 Å². The molecule has 4 aromatic rings. The second-order valence-electron chi connectivity index (χ2n) is 6.09. The Kier molecular flexibility index (Phi) is 4.71. The third-order valence-electron chi connectivity index (χ3n) is 4.24. The van der Waals surface area contributed by atoms with Gasteiger partial charge in [-0.25, -0.2) is 9.78 Å². The first kappa shape index (κ1) is 18.0. The molecule has 0 saturated heterocycles. The number of ether oxygens (including phenoxy) is 1. The summed E-state index contributed by atoms with van der Waals surface area (Å²) < 4.78 is 6.47. The summed E-state index contributed by atoms with van der Waals surface area (Å²) in [6.45, 7) is 0. The van der Waals surface area contributed by atoms with E-state index in [0.717, 1.165) is 0 Å². The molecule has 0 bridgehead atoms. The molecule has 0 radical (unpaired) electrons. The van der Waals surface area contributed by atoms with E-state index in [1.54, 1.807) is 42.5 Å². The molecule has 0 spiro atoms. The number of halogens is 1. The van der Waals surface area contributed by atoms with E-state index in [1.807, 2.05) is 30.3 Å². The van der Waals surface area contributed by atoms with Crippen LogP contribution in [0.5, 0.6) is 17.2 Å². The predicted molar refractivity (Wildman–Crippen MR) is 110 cm³/mol. The Balaban J connectivity index is 1.77. The average Bonchev–Trinajstić information content (AvgIpc) is 2.69. The monoisotopic (exact) mass is 435 g/mol. The molecule has 6 heteroatoms. The van der Waals surface area contributed by atoms with Gasteiger partial charge >= 0.3 is 5.97 Å². The summed E-state index contributed by atoms with van der Waals surface area (Å²) in [6.07, 6.45) is 0. The van der Waals surface area contributed by atoms with Crippen molar-refractivity contribution in [3.8, 4) is 28.5 Å². The lowest BCUT2D eigenvalue weighted by Crippen LogP contribution is -2.02. The molecule has 1 aromatic heterocycles. The highest BCUT2D eigenvalue weighted by molar-refractivity contribution is 9.10. The van der Waals surface area contributed by atoms with Gasteiger partial charge in [0.25, 0.3) is 0 Å². The molecule has 4 rings (SSSR count). The normalized spacial score (nSPS) is 10.8. The van der Waals surface area contributed by atoms with E-state index < -0.39 is 5.97 Å². The number of aromatic nitrogens is 1. The van der Waals surface area contributed by atoms with Crippen LogP contribution in [0.2, 0.25) is 0 Å². The molecule has 0 aliphatic heterocycles. The van der Waals surface area contributed by atoms with Gasteiger partial charge in [0.1, 0.15) is 22.8 Å². The minimum atomic E-state index is -1.21. The summed E-state index contributed by atoms with van der Waals surface area (Å²) in [6, 6.07) is 21.4. The van der Waals surface area contributed by atoms with Crippen molar-refractivity contribution in [3.05, 3.63) is 82.8 Å². The average molecular weight is 436 g/mol. The smallest absolute Gasteiger partial charge is 0.340 e. The zero-order valence-electron chi connectivity index (χ0n) is 14.5. The van der Waals surface area contributed by atoms with Crippen molar-refractivity contribution in [2.24, 2.45) is 0 Å². The second-order valence-corrected chi connectivity index (χ2v) is 7.01. The van der Waals surface area contributed by atoms with Gasteiger partial charge in [-0.2, -0.15) is 0 Å². The highest BCUT2D eigenvalue weighted by Gasteiger charge is 2.21. The highest BCUT2D eigenvalue weighted by atomic mass is 79.9. The van der Waals surface area contributed by atoms with Crippen LogP contribution in [0.4, 0.5) is 0 Å². The van der Waals surface area contributed by atoms with Gasteiger partial charge in [-0.05, 0) is 54.6 Å². The maximum absolute atomic E-state index is 11.8. The minimum Gasteiger partial charge on any atom is -0.505 e. The van der Waals surface area contributed by atoms with E-state index in [4.69, 9.17) is 4.74 Å². The molecule has 0 saturated carbocycles. The van der Waals surface area contributed by atoms with E-state index in [2.05, 4.69) is 20.9 Å². The summed E-state index contributed by atoms with van der Waals surface area (Å²) in [5, 5.41) is 20.6. The maximum Gasteiger partial charge on any atom is 0.340 e. The van der Waals surface area contributed by atoms with Crippen molar-refractivity contribution in [3.63, 3.8) is 0 Å². The Morgan fingerprint density at radius 1 is 0.929 bits per heavy atom. The fraction of sp³-hybridized carbons (Fsp3) is 0. The van der Waals surface area contributed by atoms with Gasteiger partial charge in [-0.3, -0.25) is 0 Å². The fourth-order valence-electron chi connectivity index (χ4n) is 2.95. The van der Waals surface area contributed by atoms with Gasteiger partial charge in [-0.1, -0.05) is 34.1 Å². The van der Waals surface area contributed by atoms with Crippen molar-refractivity contribution in [1.29, 1.82) is 0 Å². The number of carboxylic acid groups (broad SMARTS) is 1. The van der Waals surface area contributed by atoms with Crippen LogP contribution in [0.3, 0.4) is 0 Å². The van der Waals surface area contributed by atoms with Crippen LogP contribution >= 0.6 is 15.9 Å². The number of pyridine rings is 1. The van der Waals surface area contributed by atoms with Gasteiger partial charge in [0.2, 0.25) is 0 Å². The van der Waals surface area contributed by atoms with Crippen LogP contribution in [0.1, 0.15) is 10.4 Å². The van der Waals surface area contributed by atoms with Gasteiger partial charge in [0.15, 0.2) is 5.75 Å². The molecule has 28 heavy (non-hydrogen) atoms. The van der Waals surface area contributed by atoms with Crippen molar-refractivity contribution >= 4 is 32.8 Å². The first-order valence-electron chi connectivity index (χ1n) is 8.42. The number of aromatic hydroxyl groups is 1. The topological polar surface area (TPSA) is 79.7 Å². The Morgan fingerprint density at radius 2 is 1.61 bits per heavy atom. The molecule has 138 valence electrons. The van der Waals surface area contributed by atoms with Crippen molar-refractivity contribution in [2.75, 3.05) is 0 Å². The third kappa shape index (κ3) is 3.42. The number of aromatic carboxylic acids is 1. The second kappa shape index (κ2) is 7.32. The molecule has 1 heterocycles. The van der Waals surface area contributed by atoms with Crippen LogP contribution in [0.15, 0.2) is 77.3 Å². The molecule has 2 N–H and O–H groups in total. The van der Waals surface area contributed by atoms with Crippen molar-refractivity contribution < 1.29 is 19.7 Å². The predicted octanol–water partition coefficient (Wildman–Crippen LogP) is 5.86. The Labute approximate surface area is 169 Å². The maximum atomic E-state index is 11.8. The number of hydrogen-bond donors (Lipinski definition) is 2. The van der Waals surface area contributed by atoms with Crippen LogP contribution in [-0.2, 0) is 0 Å². The lowest BCUT2D eigenvalue weighted by Gasteiger charge is -2.12. The van der Waals surface area contributed by atoms with Crippen LogP contribution in [0, 0.1) is 0 Å². The first-order chi connectivity index (χ1) is 13.5. The van der Waals surface area contributed by atoms with Gasteiger partial charge < -0.3 is 14.9 Å². The zero-order valence-corrected chi connectivity index (χ0v) is 16.1. The number of rotatable bonds is 4. The number of carbonyl (C=O) groups is 1. The molecule has 0 fully saturated rings. The molecule has 0 aliphatic rings. The molecule has 5 nitrogen and oxygen atoms in total. The SMILES string of the molecule is O=C(O)c1c(O)c(-c2ccc(Oc3ccccc3)cc2)nc2ccc(Br)cc12. The van der Waals surface area contributed by atoms with Gasteiger partial charge in [0, 0.05) is 15.4 Å². The number of carboxylic acids is 1. The first-order valence-corrected chi connectivity index (χ1v) is 9.21. The Morgan fingerprint density at radius 3 is 2.29 bits per heavy atom. The van der Waals surface area contributed by atoms with Crippen LogP contribution < -0.4 is 4.74 Å². The lowest BCUT2D eigenvalue weighted by atomic mass is 10.0. The van der Waals surface area contributed by atoms with Crippen LogP contribution in [0.25, 0.3) is 22.2 Å². The Hall–Kier alpha value is -3.38. The quantitative estimate of drug-likeness (QED) is 0.419. The summed E-state index contributed by atoms with van der Waals surface area (Å²) >= 11 is 3.32. The van der Waals surface area contributed by atoms with Crippen LogP contribution in [-0.4, -0.2) is 21.2 Å². The molecular formula is C22H14BrNO4. The molecular weight excluding hydrogens is 422 g/mol. The molecule has 0 amide bonds. The third-order valence-corrected chi connectivity index (χ3v) is 4.74. The number of nitrogens with zero attached hydrogens (tertiary/aromatic N) is 1. The van der Waals surface area contributed by atoms with E-state index in [-0.39, 0.29) is 17.0 Å². The summed E-state index contributed by atoms with van der Waals surface area (Å²) in [7, 11) is 0. The van der Waals surface area contributed by atoms with Crippen molar-refractivity contribution in [1.82, 2.24) is 4.98 Å². The molecule has 0 unspecified atom stereocenters. The number of para-hydroxylation sites is 1. The Bertz CT molecular complexity index is 1170. The summed E-state index contributed by atoms with van der Waals surface area (Å²) in [5.74, 6) is -0.249. The minimum absolute atomic E-state index is 0.175. The van der Waals surface area contributed by atoms with E-state index in [1.165, 1.54) is 0 Å². The standard InChI is InChI=1S/C22H14BrNO4/c23-14-8-11-18-17(12-14)19(22(26)27)21(25)20(24-18)13-6-9-16(10-7-13)28-15-4-2-1-3-5-15/h1-12,25H,(H,26,27). The lowest BCUT2D eigenvalue weighted by molar-refractivity contribution is 0.0696. The number of hydrogen-bond acceptors (Lipinski definition) is 4. The highest BCUT2D eigenvalue weighted by Crippen LogP contribution is 2.37. The van der Waals surface area contributed by atoms with E-state index in [9.17, 15) is 15.0 Å². The number of fused-ring (bicyclic) bond motifs is 1. The molecule has 0 atom stereocenters. The molecule has 3 aromatic carbocycles. The summed E-state index contributed by atoms with van der Waals surface area (Å²) in [5.41, 5.74) is 1.10. The van der Waals surface area contributed by atoms with E-state index >= 15 is 0 Å². The largest absolute Gasteiger partial charge is 0.505 e. The zero-order chi connectivity index (χ0) is 19.7. The fourth-order valence-corrected chi connectivity index (χ4v) is 3.31. The molecule has 0 aliphatic carbocycles. The van der Waals surface area contributed by atoms with Gasteiger partial charge in [-0.15, -0.1) is 0 Å². The summed E-state index contributed by atoms with van der Waals surface area (Å²) in [4.78, 5) is 16.2. The van der Waals surface area contributed by atoms with Gasteiger partial charge in [0.05, 0.1) is 5.52 Å². The van der Waals surface area contributed by atoms with Crippen molar-refractivity contribution in [2.45, 2.75) is 0 Å². The number of benzene rings is 3.